The molecular weight excluding hydrogens is 254 g/mol. The van der Waals surface area contributed by atoms with Gasteiger partial charge in [0.05, 0.1) is 10.3 Å². The van der Waals surface area contributed by atoms with Gasteiger partial charge in [-0.2, -0.15) is 0 Å². The van der Waals surface area contributed by atoms with Crippen LogP contribution in [0, 0.1) is 0 Å². The average Bonchev–Trinajstić information content (AvgIpc) is 2.79. The standard InChI is InChI=1S/C13H22ClNOS/c1-12(6-5-9-17-12)11(16)15-13(10-14)7-3-2-4-8-13/h2-10H2,1H3,(H,15,16). The van der Waals surface area contributed by atoms with Crippen molar-refractivity contribution in [1.29, 1.82) is 0 Å². The summed E-state index contributed by atoms with van der Waals surface area (Å²) in [5.41, 5.74) is -0.122. The normalized spacial score (nSPS) is 32.4. The zero-order valence-electron chi connectivity index (χ0n) is 10.6. The summed E-state index contributed by atoms with van der Waals surface area (Å²) < 4.78 is -0.212. The second-order valence-electron chi connectivity index (χ2n) is 5.61. The van der Waals surface area contributed by atoms with E-state index >= 15 is 0 Å². The molecule has 1 aliphatic carbocycles. The van der Waals surface area contributed by atoms with Crippen molar-refractivity contribution < 1.29 is 4.79 Å². The lowest BCUT2D eigenvalue weighted by atomic mass is 9.82. The highest BCUT2D eigenvalue weighted by atomic mass is 35.5. The summed E-state index contributed by atoms with van der Waals surface area (Å²) in [7, 11) is 0. The van der Waals surface area contributed by atoms with E-state index in [2.05, 4.69) is 12.2 Å². The summed E-state index contributed by atoms with van der Waals surface area (Å²) in [5, 5.41) is 3.27. The van der Waals surface area contributed by atoms with Crippen molar-refractivity contribution in [3.63, 3.8) is 0 Å². The number of carbonyl (C=O) groups is 1. The summed E-state index contributed by atoms with van der Waals surface area (Å²) in [6.45, 7) is 2.07. The second-order valence-corrected chi connectivity index (χ2v) is 7.48. The number of nitrogens with one attached hydrogen (secondary N) is 1. The Morgan fingerprint density at radius 2 is 1.94 bits per heavy atom. The summed E-state index contributed by atoms with van der Waals surface area (Å²) in [4.78, 5) is 12.4. The molecule has 0 radical (unpaired) electrons. The molecule has 1 heterocycles. The molecule has 0 aromatic rings. The third-order valence-electron chi connectivity index (χ3n) is 4.14. The number of carbonyl (C=O) groups excluding carboxylic acids is 1. The molecule has 0 spiro atoms. The van der Waals surface area contributed by atoms with E-state index < -0.39 is 0 Å². The molecule has 4 heteroatoms. The van der Waals surface area contributed by atoms with E-state index in [1.165, 1.54) is 19.3 Å². The third kappa shape index (κ3) is 2.93. The highest BCUT2D eigenvalue weighted by Crippen LogP contribution is 2.39. The third-order valence-corrected chi connectivity index (χ3v) is 6.18. The zero-order chi connectivity index (χ0) is 12.4. The number of rotatable bonds is 3. The highest BCUT2D eigenvalue weighted by molar-refractivity contribution is 8.01. The van der Waals surface area contributed by atoms with Crippen molar-refractivity contribution in [2.24, 2.45) is 0 Å². The van der Waals surface area contributed by atoms with Crippen LogP contribution in [0.3, 0.4) is 0 Å². The van der Waals surface area contributed by atoms with Crippen LogP contribution in [0.5, 0.6) is 0 Å². The topological polar surface area (TPSA) is 29.1 Å². The predicted molar refractivity (Wildman–Crippen MR) is 74.8 cm³/mol. The number of hydrogen-bond acceptors (Lipinski definition) is 2. The number of amides is 1. The maximum absolute atomic E-state index is 12.4. The molecule has 2 nitrogen and oxygen atoms in total. The van der Waals surface area contributed by atoms with Crippen molar-refractivity contribution in [2.45, 2.75) is 62.2 Å². The van der Waals surface area contributed by atoms with E-state index in [0.717, 1.165) is 31.4 Å². The average molecular weight is 276 g/mol. The Bertz CT molecular complexity index is 283. The van der Waals surface area contributed by atoms with Gasteiger partial charge in [-0.05, 0) is 38.4 Å². The SMILES string of the molecule is CC1(C(=O)NC2(CCl)CCCCC2)CCCS1. The van der Waals surface area contributed by atoms with E-state index in [1.807, 2.05) is 0 Å². The molecule has 1 N–H and O–H groups in total. The Labute approximate surface area is 113 Å². The summed E-state index contributed by atoms with van der Waals surface area (Å²) >= 11 is 7.91. The maximum Gasteiger partial charge on any atom is 0.236 e. The van der Waals surface area contributed by atoms with Gasteiger partial charge in [0.2, 0.25) is 5.91 Å². The van der Waals surface area contributed by atoms with Crippen LogP contribution in [-0.4, -0.2) is 27.8 Å². The van der Waals surface area contributed by atoms with Gasteiger partial charge in [0, 0.05) is 5.88 Å². The lowest BCUT2D eigenvalue weighted by Gasteiger charge is -2.38. The van der Waals surface area contributed by atoms with Crippen LogP contribution < -0.4 is 5.32 Å². The molecule has 1 aliphatic heterocycles. The van der Waals surface area contributed by atoms with E-state index in [0.29, 0.717) is 5.88 Å². The van der Waals surface area contributed by atoms with Crippen molar-refractivity contribution in [2.75, 3.05) is 11.6 Å². The number of hydrogen-bond donors (Lipinski definition) is 1. The minimum Gasteiger partial charge on any atom is -0.348 e. The molecule has 2 aliphatic rings. The van der Waals surface area contributed by atoms with E-state index in [4.69, 9.17) is 11.6 Å². The summed E-state index contributed by atoms with van der Waals surface area (Å²) in [6.07, 6.45) is 7.91. The first-order valence-electron chi connectivity index (χ1n) is 6.63. The second kappa shape index (κ2) is 5.40. The van der Waals surface area contributed by atoms with Crippen molar-refractivity contribution in [3.8, 4) is 0 Å². The first-order valence-corrected chi connectivity index (χ1v) is 8.15. The fourth-order valence-corrected chi connectivity index (χ4v) is 4.40. The Balaban J connectivity index is 2.00. The van der Waals surface area contributed by atoms with Gasteiger partial charge < -0.3 is 5.32 Å². The van der Waals surface area contributed by atoms with Crippen LogP contribution in [0.1, 0.15) is 51.9 Å². The highest BCUT2D eigenvalue weighted by Gasteiger charge is 2.41. The van der Waals surface area contributed by atoms with Gasteiger partial charge in [-0.15, -0.1) is 23.4 Å². The molecule has 1 atom stereocenters. The van der Waals surface area contributed by atoms with Crippen LogP contribution in [0.4, 0.5) is 0 Å². The monoisotopic (exact) mass is 275 g/mol. The molecule has 1 unspecified atom stereocenters. The van der Waals surface area contributed by atoms with E-state index in [-0.39, 0.29) is 16.2 Å². The Morgan fingerprint density at radius 3 is 2.47 bits per heavy atom. The largest absolute Gasteiger partial charge is 0.348 e. The van der Waals surface area contributed by atoms with Crippen molar-refractivity contribution in [1.82, 2.24) is 5.32 Å². The molecule has 17 heavy (non-hydrogen) atoms. The molecular formula is C13H22ClNOS. The molecule has 1 amide bonds. The Hall–Kier alpha value is 0.110. The van der Waals surface area contributed by atoms with Crippen LogP contribution in [0.2, 0.25) is 0 Å². The van der Waals surface area contributed by atoms with E-state index in [9.17, 15) is 4.79 Å². The first-order chi connectivity index (χ1) is 8.10. The van der Waals surface area contributed by atoms with Crippen molar-refractivity contribution >= 4 is 29.3 Å². The minimum absolute atomic E-state index is 0.122. The van der Waals surface area contributed by atoms with Gasteiger partial charge in [-0.3, -0.25) is 4.79 Å². The lowest BCUT2D eigenvalue weighted by Crippen LogP contribution is -2.56. The zero-order valence-corrected chi connectivity index (χ0v) is 12.1. The lowest BCUT2D eigenvalue weighted by molar-refractivity contribution is -0.125. The molecule has 2 fully saturated rings. The van der Waals surface area contributed by atoms with Crippen molar-refractivity contribution in [3.05, 3.63) is 0 Å². The molecule has 2 rings (SSSR count). The first kappa shape index (κ1) is 13.5. The van der Waals surface area contributed by atoms with Crippen LogP contribution in [0.25, 0.3) is 0 Å². The molecule has 1 saturated heterocycles. The fraction of sp³-hybridized carbons (Fsp3) is 0.923. The maximum atomic E-state index is 12.4. The molecule has 0 aromatic carbocycles. The molecule has 1 saturated carbocycles. The predicted octanol–water partition coefficient (Wildman–Crippen LogP) is 3.33. The summed E-state index contributed by atoms with van der Waals surface area (Å²) in [6, 6.07) is 0. The molecule has 0 aromatic heterocycles. The Kier molecular flexibility index (Phi) is 4.30. The number of alkyl halides is 1. The van der Waals surface area contributed by atoms with Crippen LogP contribution >= 0.6 is 23.4 Å². The van der Waals surface area contributed by atoms with Crippen LogP contribution in [0.15, 0.2) is 0 Å². The van der Waals surface area contributed by atoms with Gasteiger partial charge in [-0.1, -0.05) is 19.3 Å². The summed E-state index contributed by atoms with van der Waals surface area (Å²) in [5.74, 6) is 1.87. The van der Waals surface area contributed by atoms with Gasteiger partial charge in [-0.25, -0.2) is 0 Å². The quantitative estimate of drug-likeness (QED) is 0.801. The molecule has 0 bridgehead atoms. The van der Waals surface area contributed by atoms with E-state index in [1.54, 1.807) is 11.8 Å². The molecule has 98 valence electrons. The Morgan fingerprint density at radius 1 is 1.24 bits per heavy atom. The van der Waals surface area contributed by atoms with Gasteiger partial charge >= 0.3 is 0 Å². The number of halogens is 1. The van der Waals surface area contributed by atoms with Gasteiger partial charge in [0.25, 0.3) is 0 Å². The number of thioether (sulfide) groups is 1. The smallest absolute Gasteiger partial charge is 0.236 e. The van der Waals surface area contributed by atoms with Gasteiger partial charge in [0.1, 0.15) is 0 Å². The minimum atomic E-state index is -0.212. The van der Waals surface area contributed by atoms with Gasteiger partial charge in [0.15, 0.2) is 0 Å². The fourth-order valence-electron chi connectivity index (χ4n) is 2.85. The van der Waals surface area contributed by atoms with Crippen LogP contribution in [-0.2, 0) is 4.79 Å².